The van der Waals surface area contributed by atoms with E-state index < -0.39 is 0 Å². The molecule has 4 nitrogen and oxygen atoms in total. The molecule has 0 unspecified atom stereocenters. The highest BCUT2D eigenvalue weighted by Gasteiger charge is 2.10. The van der Waals surface area contributed by atoms with Crippen LogP contribution in [-0.2, 0) is 11.2 Å². The molecule has 0 atom stereocenters. The fraction of sp³-hybridized carbons (Fsp3) is 0.238. The SMILES string of the molecule is CCc1cc2ccccc2nc1SCC(=O)Nc1ccc(N(C)C)cc1. The van der Waals surface area contributed by atoms with Crippen molar-refractivity contribution in [3.8, 4) is 0 Å². The number of fused-ring (bicyclic) bond motifs is 1. The molecule has 1 aromatic heterocycles. The van der Waals surface area contributed by atoms with Gasteiger partial charge in [-0.05, 0) is 48.4 Å². The molecule has 3 rings (SSSR count). The molecule has 0 fully saturated rings. The number of hydrogen-bond donors (Lipinski definition) is 1. The maximum absolute atomic E-state index is 12.3. The van der Waals surface area contributed by atoms with Gasteiger partial charge in [-0.25, -0.2) is 4.98 Å². The molecule has 0 saturated heterocycles. The average Bonchev–Trinajstić information content (AvgIpc) is 2.66. The molecule has 0 aliphatic carbocycles. The second-order valence-electron chi connectivity index (χ2n) is 6.28. The number of rotatable bonds is 6. The highest BCUT2D eigenvalue weighted by atomic mass is 32.2. The number of hydrogen-bond acceptors (Lipinski definition) is 4. The van der Waals surface area contributed by atoms with Crippen LogP contribution < -0.4 is 10.2 Å². The minimum atomic E-state index is -0.0235. The lowest BCUT2D eigenvalue weighted by Gasteiger charge is -2.13. The van der Waals surface area contributed by atoms with Gasteiger partial charge in [0.2, 0.25) is 5.91 Å². The van der Waals surface area contributed by atoms with Crippen LogP contribution in [-0.4, -0.2) is 30.7 Å². The van der Waals surface area contributed by atoms with Crippen molar-refractivity contribution in [2.45, 2.75) is 18.4 Å². The zero-order chi connectivity index (χ0) is 18.5. The third-order valence-corrected chi connectivity index (χ3v) is 5.18. The first-order chi connectivity index (χ1) is 12.6. The van der Waals surface area contributed by atoms with Crippen LogP contribution in [0.1, 0.15) is 12.5 Å². The highest BCUT2D eigenvalue weighted by Crippen LogP contribution is 2.25. The average molecular weight is 366 g/mol. The van der Waals surface area contributed by atoms with E-state index >= 15 is 0 Å². The Morgan fingerprint density at radius 1 is 1.12 bits per heavy atom. The van der Waals surface area contributed by atoms with E-state index in [2.05, 4.69) is 24.4 Å². The van der Waals surface area contributed by atoms with Crippen molar-refractivity contribution >= 4 is 39.9 Å². The number of anilines is 2. The molecule has 1 N–H and O–H groups in total. The Hall–Kier alpha value is -2.53. The zero-order valence-corrected chi connectivity index (χ0v) is 16.1. The van der Waals surface area contributed by atoms with E-state index in [-0.39, 0.29) is 5.91 Å². The van der Waals surface area contributed by atoms with E-state index in [0.29, 0.717) is 5.75 Å². The number of para-hydroxylation sites is 1. The van der Waals surface area contributed by atoms with Crippen molar-refractivity contribution in [1.29, 1.82) is 0 Å². The normalized spacial score (nSPS) is 10.7. The molecular weight excluding hydrogens is 342 g/mol. The summed E-state index contributed by atoms with van der Waals surface area (Å²) in [5, 5.41) is 5.02. The highest BCUT2D eigenvalue weighted by molar-refractivity contribution is 8.00. The number of aromatic nitrogens is 1. The number of carbonyl (C=O) groups is 1. The van der Waals surface area contributed by atoms with Crippen LogP contribution in [0.2, 0.25) is 0 Å². The fourth-order valence-corrected chi connectivity index (χ4v) is 3.59. The molecule has 3 aromatic rings. The number of amides is 1. The van der Waals surface area contributed by atoms with E-state index in [9.17, 15) is 4.79 Å². The van der Waals surface area contributed by atoms with Gasteiger partial charge in [0.1, 0.15) is 5.03 Å². The third-order valence-electron chi connectivity index (χ3n) is 4.15. The molecule has 134 valence electrons. The Morgan fingerprint density at radius 3 is 2.54 bits per heavy atom. The predicted molar refractivity (Wildman–Crippen MR) is 111 cm³/mol. The van der Waals surface area contributed by atoms with Crippen LogP contribution >= 0.6 is 11.8 Å². The summed E-state index contributed by atoms with van der Waals surface area (Å²) in [6.45, 7) is 2.11. The van der Waals surface area contributed by atoms with Gasteiger partial charge in [-0.1, -0.05) is 36.9 Å². The Bertz CT molecular complexity index is 907. The number of benzene rings is 2. The summed E-state index contributed by atoms with van der Waals surface area (Å²) in [4.78, 5) is 19.1. The summed E-state index contributed by atoms with van der Waals surface area (Å²) in [6, 6.07) is 18.1. The minimum absolute atomic E-state index is 0.0235. The van der Waals surface area contributed by atoms with Crippen LogP contribution in [0.3, 0.4) is 0 Å². The van der Waals surface area contributed by atoms with Gasteiger partial charge in [-0.15, -0.1) is 0 Å². The van der Waals surface area contributed by atoms with Crippen molar-refractivity contribution in [3.05, 3.63) is 60.2 Å². The van der Waals surface area contributed by atoms with E-state index in [1.807, 2.05) is 61.5 Å². The van der Waals surface area contributed by atoms with Crippen molar-refractivity contribution < 1.29 is 4.79 Å². The predicted octanol–water partition coefficient (Wildman–Crippen LogP) is 4.59. The molecule has 0 aliphatic rings. The van der Waals surface area contributed by atoms with E-state index in [4.69, 9.17) is 4.98 Å². The Balaban J connectivity index is 1.66. The molecule has 0 saturated carbocycles. The van der Waals surface area contributed by atoms with Gasteiger partial charge in [-0.2, -0.15) is 0 Å². The lowest BCUT2D eigenvalue weighted by Crippen LogP contribution is -2.14. The third kappa shape index (κ3) is 4.35. The first kappa shape index (κ1) is 18.3. The Labute approximate surface area is 158 Å². The van der Waals surface area contributed by atoms with Gasteiger partial charge >= 0.3 is 0 Å². The van der Waals surface area contributed by atoms with Crippen LogP contribution in [0.25, 0.3) is 10.9 Å². The monoisotopic (exact) mass is 365 g/mol. The number of carbonyl (C=O) groups excluding carboxylic acids is 1. The minimum Gasteiger partial charge on any atom is -0.378 e. The number of aryl methyl sites for hydroxylation is 1. The molecule has 1 heterocycles. The summed E-state index contributed by atoms with van der Waals surface area (Å²) < 4.78 is 0. The maximum atomic E-state index is 12.3. The molecule has 26 heavy (non-hydrogen) atoms. The molecule has 0 aliphatic heterocycles. The lowest BCUT2D eigenvalue weighted by molar-refractivity contribution is -0.113. The first-order valence-electron chi connectivity index (χ1n) is 8.65. The topological polar surface area (TPSA) is 45.2 Å². The van der Waals surface area contributed by atoms with Crippen molar-refractivity contribution in [2.24, 2.45) is 0 Å². The largest absolute Gasteiger partial charge is 0.378 e. The van der Waals surface area contributed by atoms with Gasteiger partial charge in [0, 0.05) is 30.9 Å². The van der Waals surface area contributed by atoms with Gasteiger partial charge < -0.3 is 10.2 Å². The van der Waals surface area contributed by atoms with Crippen molar-refractivity contribution in [1.82, 2.24) is 4.98 Å². The fourth-order valence-electron chi connectivity index (χ4n) is 2.69. The maximum Gasteiger partial charge on any atom is 0.234 e. The molecule has 0 bridgehead atoms. The standard InChI is InChI=1S/C21H23N3OS/c1-4-15-13-16-7-5-6-8-19(16)23-21(15)26-14-20(25)22-17-9-11-18(12-10-17)24(2)3/h5-13H,4,14H2,1-3H3,(H,22,25). The number of thioether (sulfide) groups is 1. The lowest BCUT2D eigenvalue weighted by atomic mass is 10.1. The van der Waals surface area contributed by atoms with Crippen LogP contribution in [0.4, 0.5) is 11.4 Å². The smallest absolute Gasteiger partial charge is 0.234 e. The van der Waals surface area contributed by atoms with Gasteiger partial charge in [0.25, 0.3) is 0 Å². The van der Waals surface area contributed by atoms with Gasteiger partial charge in [-0.3, -0.25) is 4.79 Å². The number of pyridine rings is 1. The van der Waals surface area contributed by atoms with E-state index in [1.165, 1.54) is 17.3 Å². The number of nitrogens with one attached hydrogen (secondary N) is 1. The summed E-state index contributed by atoms with van der Waals surface area (Å²) in [5.41, 5.74) is 4.05. The number of nitrogens with zero attached hydrogens (tertiary/aromatic N) is 2. The summed E-state index contributed by atoms with van der Waals surface area (Å²) in [7, 11) is 3.98. The zero-order valence-electron chi connectivity index (χ0n) is 15.3. The van der Waals surface area contributed by atoms with Crippen LogP contribution in [0.15, 0.2) is 59.6 Å². The molecule has 2 aromatic carbocycles. The second kappa shape index (κ2) is 8.23. The van der Waals surface area contributed by atoms with Crippen LogP contribution in [0, 0.1) is 0 Å². The summed E-state index contributed by atoms with van der Waals surface area (Å²) in [5.74, 6) is 0.318. The molecule has 0 spiro atoms. The summed E-state index contributed by atoms with van der Waals surface area (Å²) in [6.07, 6.45) is 0.897. The quantitative estimate of drug-likeness (QED) is 0.649. The molecule has 1 amide bonds. The Kier molecular flexibility index (Phi) is 5.78. The van der Waals surface area contributed by atoms with E-state index in [0.717, 1.165) is 33.7 Å². The molecule has 5 heteroatoms. The van der Waals surface area contributed by atoms with E-state index in [1.54, 1.807) is 0 Å². The molecule has 0 radical (unpaired) electrons. The second-order valence-corrected chi connectivity index (χ2v) is 7.24. The van der Waals surface area contributed by atoms with Crippen molar-refractivity contribution in [3.63, 3.8) is 0 Å². The molecular formula is C21H23N3OS. The summed E-state index contributed by atoms with van der Waals surface area (Å²) >= 11 is 1.49. The first-order valence-corrected chi connectivity index (χ1v) is 9.64. The Morgan fingerprint density at radius 2 is 1.85 bits per heavy atom. The van der Waals surface area contributed by atoms with Gasteiger partial charge in [0.05, 0.1) is 11.3 Å². The van der Waals surface area contributed by atoms with Crippen LogP contribution in [0.5, 0.6) is 0 Å². The van der Waals surface area contributed by atoms with Gasteiger partial charge in [0.15, 0.2) is 0 Å². The van der Waals surface area contributed by atoms with Crippen molar-refractivity contribution in [2.75, 3.05) is 30.1 Å².